The van der Waals surface area contributed by atoms with Crippen molar-refractivity contribution in [2.45, 2.75) is 125 Å². The van der Waals surface area contributed by atoms with Gasteiger partial charge in [0.1, 0.15) is 0 Å². The smallest absolute Gasteiger partial charge is 0.0252 e. The molecule has 0 saturated heterocycles. The summed E-state index contributed by atoms with van der Waals surface area (Å²) in [4.78, 5) is 0. The molecule has 4 aliphatic carbocycles. The lowest BCUT2D eigenvalue weighted by atomic mass is 9.47. The van der Waals surface area contributed by atoms with Crippen LogP contribution in [0.5, 0.6) is 0 Å². The molecule has 8 unspecified atom stereocenters. The van der Waals surface area contributed by atoms with Crippen molar-refractivity contribution in [1.82, 2.24) is 10.4 Å². The Kier molecular flexibility index (Phi) is 8.06. The van der Waals surface area contributed by atoms with Crippen LogP contribution in [0.15, 0.2) is 11.6 Å². The molecule has 0 spiro atoms. The van der Waals surface area contributed by atoms with E-state index in [1.54, 1.807) is 0 Å². The molecule has 0 bridgehead atoms. The zero-order valence-electron chi connectivity index (χ0n) is 23.3. The lowest BCUT2D eigenvalue weighted by Gasteiger charge is -2.58. The largest absolute Gasteiger partial charge is 0.252 e. The zero-order chi connectivity index (χ0) is 23.8. The van der Waals surface area contributed by atoms with Crippen LogP contribution in [0.3, 0.4) is 0 Å². The fourth-order valence-electron chi connectivity index (χ4n) is 9.39. The van der Waals surface area contributed by atoms with Gasteiger partial charge >= 0.3 is 0 Å². The van der Waals surface area contributed by atoms with Crippen LogP contribution in [0.2, 0.25) is 0 Å². The van der Waals surface area contributed by atoms with Crippen LogP contribution in [0.1, 0.15) is 119 Å². The first kappa shape index (κ1) is 25.7. The summed E-state index contributed by atoms with van der Waals surface area (Å²) in [7, 11) is 2.20. The van der Waals surface area contributed by atoms with Crippen LogP contribution in [0.4, 0.5) is 0 Å². The normalized spacial score (nSPS) is 41.5. The topological polar surface area (TPSA) is 15.3 Å². The third-order valence-corrected chi connectivity index (χ3v) is 11.8. The lowest BCUT2D eigenvalue weighted by Crippen LogP contribution is -2.52. The summed E-state index contributed by atoms with van der Waals surface area (Å²) in [6.45, 7) is 16.0. The molecule has 0 aromatic rings. The van der Waals surface area contributed by atoms with Crippen molar-refractivity contribution in [1.29, 1.82) is 0 Å². The van der Waals surface area contributed by atoms with Gasteiger partial charge in [-0.15, -0.1) is 0 Å². The minimum absolute atomic E-state index is 0.483. The number of nitrogens with one attached hydrogen (secondary N) is 1. The van der Waals surface area contributed by atoms with Crippen LogP contribution in [0.25, 0.3) is 0 Å². The molecule has 33 heavy (non-hydrogen) atoms. The molecule has 0 heterocycles. The molecule has 0 radical (unpaired) electrons. The van der Waals surface area contributed by atoms with Crippen LogP contribution in [-0.2, 0) is 0 Å². The SMILES string of the molecule is CCC(CCCC1CCC2C3CC=C4CC(NN(C)CC)CCC4(C)C3CCC12C)C(C)C. The predicted octanol–water partition coefficient (Wildman–Crippen LogP) is 8.24. The predicted molar refractivity (Wildman–Crippen MR) is 143 cm³/mol. The van der Waals surface area contributed by atoms with Gasteiger partial charge in [-0.3, -0.25) is 5.43 Å². The quantitative estimate of drug-likeness (QED) is 0.277. The number of rotatable bonds is 9. The molecule has 4 rings (SSSR count). The summed E-state index contributed by atoms with van der Waals surface area (Å²) >= 11 is 0. The van der Waals surface area contributed by atoms with Crippen molar-refractivity contribution in [2.24, 2.45) is 46.3 Å². The van der Waals surface area contributed by atoms with Crippen molar-refractivity contribution in [3.05, 3.63) is 11.6 Å². The van der Waals surface area contributed by atoms with Crippen molar-refractivity contribution in [2.75, 3.05) is 13.6 Å². The van der Waals surface area contributed by atoms with E-state index in [9.17, 15) is 0 Å². The minimum Gasteiger partial charge on any atom is -0.252 e. The molecule has 4 aliphatic rings. The molecule has 3 saturated carbocycles. The molecule has 0 amide bonds. The maximum atomic E-state index is 3.77. The second-order valence-corrected chi connectivity index (χ2v) is 13.5. The van der Waals surface area contributed by atoms with Gasteiger partial charge in [-0.1, -0.05) is 72.5 Å². The maximum Gasteiger partial charge on any atom is 0.0252 e. The van der Waals surface area contributed by atoms with Gasteiger partial charge < -0.3 is 0 Å². The van der Waals surface area contributed by atoms with Crippen molar-refractivity contribution in [3.8, 4) is 0 Å². The summed E-state index contributed by atoms with van der Waals surface area (Å²) in [6, 6.07) is 0.647. The zero-order valence-corrected chi connectivity index (χ0v) is 23.3. The molecule has 1 N–H and O–H groups in total. The third-order valence-electron chi connectivity index (χ3n) is 11.8. The van der Waals surface area contributed by atoms with E-state index in [1.165, 1.54) is 77.0 Å². The van der Waals surface area contributed by atoms with Crippen LogP contribution in [-0.4, -0.2) is 24.6 Å². The summed E-state index contributed by atoms with van der Waals surface area (Å²) in [5.74, 6) is 5.69. The lowest BCUT2D eigenvalue weighted by molar-refractivity contribution is -0.0457. The Morgan fingerprint density at radius 2 is 1.85 bits per heavy atom. The van der Waals surface area contributed by atoms with Crippen LogP contribution >= 0.6 is 0 Å². The molecule has 190 valence electrons. The van der Waals surface area contributed by atoms with Gasteiger partial charge in [0.25, 0.3) is 0 Å². The number of hydrogen-bond acceptors (Lipinski definition) is 2. The Balaban J connectivity index is 1.41. The number of nitrogens with zero attached hydrogens (tertiary/aromatic N) is 1. The van der Waals surface area contributed by atoms with Crippen LogP contribution in [0, 0.1) is 46.3 Å². The molecule has 3 fully saturated rings. The van der Waals surface area contributed by atoms with E-state index in [-0.39, 0.29) is 0 Å². The summed E-state index contributed by atoms with van der Waals surface area (Å²) in [5, 5.41) is 2.29. The molecular formula is C31H56N2. The van der Waals surface area contributed by atoms with Gasteiger partial charge in [0.15, 0.2) is 0 Å². The Morgan fingerprint density at radius 1 is 1.06 bits per heavy atom. The average molecular weight is 457 g/mol. The Labute approximate surface area is 206 Å². The standard InChI is InChI=1S/C31H56N2/c1-8-23(22(3)4)11-10-12-24-14-16-28-27-15-13-25-21-26(32-33(7)9-2)17-19-31(25,6)29(27)18-20-30(24,28)5/h13,22-24,26-29,32H,8-12,14-21H2,1-7H3. The number of hydrogen-bond donors (Lipinski definition) is 1. The highest BCUT2D eigenvalue weighted by Gasteiger charge is 2.58. The molecule has 2 nitrogen and oxygen atoms in total. The fourth-order valence-corrected chi connectivity index (χ4v) is 9.39. The molecular weight excluding hydrogens is 400 g/mol. The van der Waals surface area contributed by atoms with E-state index in [0.29, 0.717) is 16.9 Å². The fraction of sp³-hybridized carbons (Fsp3) is 0.935. The Hall–Kier alpha value is -0.340. The monoisotopic (exact) mass is 456 g/mol. The van der Waals surface area contributed by atoms with E-state index in [1.807, 2.05) is 5.57 Å². The third kappa shape index (κ3) is 4.87. The first-order valence-electron chi connectivity index (χ1n) is 14.9. The summed E-state index contributed by atoms with van der Waals surface area (Å²) < 4.78 is 0. The van der Waals surface area contributed by atoms with Crippen molar-refractivity contribution < 1.29 is 0 Å². The van der Waals surface area contributed by atoms with E-state index in [0.717, 1.165) is 42.1 Å². The van der Waals surface area contributed by atoms with Gasteiger partial charge in [-0.2, -0.15) is 0 Å². The van der Waals surface area contributed by atoms with Crippen LogP contribution < -0.4 is 5.43 Å². The highest BCUT2D eigenvalue weighted by Crippen LogP contribution is 2.66. The molecule has 0 aliphatic heterocycles. The average Bonchev–Trinajstić information content (AvgIpc) is 3.13. The molecule has 8 atom stereocenters. The molecule has 2 heteroatoms. The first-order valence-corrected chi connectivity index (χ1v) is 14.9. The van der Waals surface area contributed by atoms with Gasteiger partial charge in [-0.25, -0.2) is 5.01 Å². The van der Waals surface area contributed by atoms with Crippen molar-refractivity contribution >= 4 is 0 Å². The second-order valence-electron chi connectivity index (χ2n) is 13.5. The maximum absolute atomic E-state index is 3.77. The summed E-state index contributed by atoms with van der Waals surface area (Å²) in [5.41, 5.74) is 6.70. The van der Waals surface area contributed by atoms with Gasteiger partial charge in [0.2, 0.25) is 0 Å². The van der Waals surface area contributed by atoms with E-state index < -0.39 is 0 Å². The highest BCUT2D eigenvalue weighted by atomic mass is 15.5. The first-order chi connectivity index (χ1) is 15.7. The highest BCUT2D eigenvalue weighted by molar-refractivity contribution is 5.25. The summed E-state index contributed by atoms with van der Waals surface area (Å²) in [6.07, 6.45) is 20.0. The number of allylic oxidation sites excluding steroid dienone is 1. The van der Waals surface area contributed by atoms with E-state index >= 15 is 0 Å². The van der Waals surface area contributed by atoms with Gasteiger partial charge in [0, 0.05) is 19.6 Å². The van der Waals surface area contributed by atoms with Crippen molar-refractivity contribution in [3.63, 3.8) is 0 Å². The Bertz CT molecular complexity index is 682. The second kappa shape index (κ2) is 10.3. The number of hydrazine groups is 1. The molecule has 0 aromatic heterocycles. The number of fused-ring (bicyclic) bond motifs is 5. The van der Waals surface area contributed by atoms with Gasteiger partial charge in [-0.05, 0) is 104 Å². The minimum atomic E-state index is 0.483. The van der Waals surface area contributed by atoms with E-state index in [4.69, 9.17) is 0 Å². The molecule has 0 aromatic carbocycles. The Morgan fingerprint density at radius 3 is 2.55 bits per heavy atom. The van der Waals surface area contributed by atoms with Gasteiger partial charge in [0.05, 0.1) is 0 Å². The van der Waals surface area contributed by atoms with E-state index in [2.05, 4.69) is 65.1 Å².